The summed E-state index contributed by atoms with van der Waals surface area (Å²) in [5.74, 6) is 0.133. The van der Waals surface area contributed by atoms with Gasteiger partial charge in [0.05, 0.1) is 6.20 Å². The van der Waals surface area contributed by atoms with Gasteiger partial charge in [-0.25, -0.2) is 4.98 Å². The van der Waals surface area contributed by atoms with Crippen molar-refractivity contribution in [3.63, 3.8) is 0 Å². The van der Waals surface area contributed by atoms with Crippen molar-refractivity contribution >= 4 is 26.4 Å². The van der Waals surface area contributed by atoms with Crippen LogP contribution in [0.3, 0.4) is 0 Å². The molecule has 0 saturated carbocycles. The number of aromatic nitrogens is 2. The lowest BCUT2D eigenvalue weighted by Gasteiger charge is -2.03. The monoisotopic (exact) mass is 268 g/mol. The Balaban J connectivity index is 2.65. The molecule has 8 heteroatoms. The summed E-state index contributed by atoms with van der Waals surface area (Å²) in [6, 6.07) is 0. The van der Waals surface area contributed by atoms with E-state index in [2.05, 4.69) is 36.4 Å². The zero-order valence-electron chi connectivity index (χ0n) is 6.59. The predicted molar refractivity (Wildman–Crippen MR) is 48.1 cm³/mol. The summed E-state index contributed by atoms with van der Waals surface area (Å²) < 4.78 is 34.5. The van der Waals surface area contributed by atoms with E-state index in [9.17, 15) is 13.2 Å². The molecule has 0 amide bonds. The van der Waals surface area contributed by atoms with E-state index in [4.69, 9.17) is 0 Å². The van der Waals surface area contributed by atoms with Gasteiger partial charge in [-0.05, 0) is 15.9 Å². The van der Waals surface area contributed by atoms with Crippen molar-refractivity contribution in [1.29, 1.82) is 0 Å². The number of alkyl halides is 3. The molecule has 76 valence electrons. The predicted octanol–water partition coefficient (Wildman–Crippen LogP) is 2.16. The first-order chi connectivity index (χ1) is 6.50. The average Bonchev–Trinajstić information content (AvgIpc) is 2.14. The maximum atomic E-state index is 11.9. The first-order valence-corrected chi connectivity index (χ1v) is 4.12. The van der Waals surface area contributed by atoms with E-state index in [1.54, 1.807) is 0 Å². The molecule has 1 heterocycles. The van der Waals surface area contributed by atoms with E-state index in [1.807, 2.05) is 0 Å². The Morgan fingerprint density at radius 2 is 2.14 bits per heavy atom. The summed E-state index contributed by atoms with van der Waals surface area (Å²) in [4.78, 5) is 7.30. The number of hydrazone groups is 1. The van der Waals surface area contributed by atoms with Crippen LogP contribution in [0.1, 0.15) is 0 Å². The van der Waals surface area contributed by atoms with Gasteiger partial charge in [-0.3, -0.25) is 10.4 Å². The van der Waals surface area contributed by atoms with Crippen LogP contribution in [0.25, 0.3) is 0 Å². The van der Waals surface area contributed by atoms with Crippen LogP contribution in [0.15, 0.2) is 23.7 Å². The minimum Gasteiger partial charge on any atom is -0.259 e. The quantitative estimate of drug-likeness (QED) is 0.661. The molecule has 1 aromatic rings. The molecule has 0 aliphatic carbocycles. The Bertz CT molecular complexity index is 324. The second kappa shape index (κ2) is 4.36. The van der Waals surface area contributed by atoms with Crippen LogP contribution in [0.4, 0.5) is 19.0 Å². The Hall–Kier alpha value is -1.18. The van der Waals surface area contributed by atoms with Crippen molar-refractivity contribution in [2.24, 2.45) is 5.10 Å². The summed E-state index contributed by atoms with van der Waals surface area (Å²) >= 11 is 2.27. The van der Waals surface area contributed by atoms with Crippen molar-refractivity contribution in [2.75, 3.05) is 5.43 Å². The number of hydrogen-bond acceptors (Lipinski definition) is 4. The highest BCUT2D eigenvalue weighted by Gasteiger charge is 2.34. The van der Waals surface area contributed by atoms with E-state index in [1.165, 1.54) is 18.6 Å². The third kappa shape index (κ3) is 3.29. The standard InChI is InChI=1S/C6H4BrF3N4/c7-5(6(8,9)10)14-13-4-3-11-1-2-12-4/h1-3H,(H,12,13)/b14-5-. The lowest BCUT2D eigenvalue weighted by atomic mass is 10.7. The second-order valence-electron chi connectivity index (χ2n) is 2.10. The van der Waals surface area contributed by atoms with Crippen molar-refractivity contribution < 1.29 is 13.2 Å². The first kappa shape index (κ1) is 10.9. The fourth-order valence-corrected chi connectivity index (χ4v) is 0.615. The van der Waals surface area contributed by atoms with Gasteiger partial charge in [-0.15, -0.1) is 0 Å². The molecule has 0 saturated heterocycles. The third-order valence-corrected chi connectivity index (χ3v) is 1.69. The minimum atomic E-state index is -4.50. The van der Waals surface area contributed by atoms with E-state index < -0.39 is 10.8 Å². The summed E-state index contributed by atoms with van der Waals surface area (Å²) in [6.45, 7) is 0. The van der Waals surface area contributed by atoms with E-state index in [0.29, 0.717) is 0 Å². The summed E-state index contributed by atoms with van der Waals surface area (Å²) in [6.07, 6.45) is -0.525. The number of halogens is 4. The van der Waals surface area contributed by atoms with Crippen LogP contribution >= 0.6 is 15.9 Å². The molecule has 0 aromatic carbocycles. The van der Waals surface area contributed by atoms with Gasteiger partial charge in [0.1, 0.15) is 0 Å². The van der Waals surface area contributed by atoms with Gasteiger partial charge in [-0.1, -0.05) is 0 Å². The molecule has 14 heavy (non-hydrogen) atoms. The molecule has 0 aliphatic heterocycles. The molecule has 1 rings (SSSR count). The number of nitrogens with one attached hydrogen (secondary N) is 1. The zero-order chi connectivity index (χ0) is 10.6. The highest BCUT2D eigenvalue weighted by atomic mass is 79.9. The third-order valence-electron chi connectivity index (χ3n) is 1.07. The van der Waals surface area contributed by atoms with E-state index in [0.717, 1.165) is 0 Å². The van der Waals surface area contributed by atoms with Gasteiger partial charge < -0.3 is 0 Å². The fourth-order valence-electron chi connectivity index (χ4n) is 0.527. The zero-order valence-corrected chi connectivity index (χ0v) is 8.17. The first-order valence-electron chi connectivity index (χ1n) is 3.32. The van der Waals surface area contributed by atoms with Crippen LogP contribution < -0.4 is 5.43 Å². The number of hydrogen-bond donors (Lipinski definition) is 1. The maximum Gasteiger partial charge on any atom is 0.441 e. The summed E-state index contributed by atoms with van der Waals surface area (Å²) in [5, 5.41) is 3.02. The summed E-state index contributed by atoms with van der Waals surface area (Å²) in [5.41, 5.74) is 2.10. The van der Waals surface area contributed by atoms with Crippen LogP contribution in [0, 0.1) is 0 Å². The van der Waals surface area contributed by atoms with Gasteiger partial charge in [0, 0.05) is 12.4 Å². The van der Waals surface area contributed by atoms with Crippen molar-refractivity contribution in [3.05, 3.63) is 18.6 Å². The van der Waals surface area contributed by atoms with E-state index >= 15 is 0 Å². The Morgan fingerprint density at radius 1 is 1.43 bits per heavy atom. The number of anilines is 1. The highest BCUT2D eigenvalue weighted by molar-refractivity contribution is 9.18. The highest BCUT2D eigenvalue weighted by Crippen LogP contribution is 2.20. The molecule has 0 spiro atoms. The fraction of sp³-hybridized carbons (Fsp3) is 0.167. The molecule has 1 aromatic heterocycles. The number of nitrogens with zero attached hydrogens (tertiary/aromatic N) is 3. The number of rotatable bonds is 2. The topological polar surface area (TPSA) is 50.2 Å². The smallest absolute Gasteiger partial charge is 0.259 e. The molecule has 0 unspecified atom stereocenters. The summed E-state index contributed by atoms with van der Waals surface area (Å²) in [7, 11) is 0. The van der Waals surface area contributed by atoms with Crippen LogP contribution in [-0.2, 0) is 0 Å². The molecule has 4 nitrogen and oxygen atoms in total. The van der Waals surface area contributed by atoms with Gasteiger partial charge in [0.15, 0.2) is 5.82 Å². The molecule has 1 N–H and O–H groups in total. The van der Waals surface area contributed by atoms with Crippen LogP contribution in [0.5, 0.6) is 0 Å². The van der Waals surface area contributed by atoms with E-state index in [-0.39, 0.29) is 5.82 Å². The van der Waals surface area contributed by atoms with Crippen molar-refractivity contribution in [1.82, 2.24) is 9.97 Å². The van der Waals surface area contributed by atoms with Gasteiger partial charge in [0.2, 0.25) is 4.62 Å². The molecular formula is C6H4BrF3N4. The molecule has 0 fully saturated rings. The molecule has 0 bridgehead atoms. The largest absolute Gasteiger partial charge is 0.441 e. The Morgan fingerprint density at radius 3 is 2.64 bits per heavy atom. The Kier molecular flexibility index (Phi) is 3.39. The van der Waals surface area contributed by atoms with Crippen LogP contribution in [0.2, 0.25) is 0 Å². The van der Waals surface area contributed by atoms with Gasteiger partial charge in [-0.2, -0.15) is 18.3 Å². The SMILES string of the molecule is FC(F)(F)/C(Br)=N/Nc1cnccn1. The van der Waals surface area contributed by atoms with Crippen LogP contribution in [-0.4, -0.2) is 20.8 Å². The average molecular weight is 269 g/mol. The minimum absolute atomic E-state index is 0.133. The van der Waals surface area contributed by atoms with Gasteiger partial charge >= 0.3 is 6.18 Å². The Labute approximate surface area is 85.4 Å². The van der Waals surface area contributed by atoms with Crippen molar-refractivity contribution in [2.45, 2.75) is 6.18 Å². The molecule has 0 radical (unpaired) electrons. The molecular weight excluding hydrogens is 265 g/mol. The normalized spacial score (nSPS) is 12.7. The molecule has 0 atom stereocenters. The lowest BCUT2D eigenvalue weighted by Crippen LogP contribution is -2.18. The van der Waals surface area contributed by atoms with Gasteiger partial charge in [0.25, 0.3) is 0 Å². The van der Waals surface area contributed by atoms with Crippen molar-refractivity contribution in [3.8, 4) is 0 Å². The molecule has 0 aliphatic rings. The second-order valence-corrected chi connectivity index (χ2v) is 2.85. The maximum absolute atomic E-state index is 11.9. The lowest BCUT2D eigenvalue weighted by molar-refractivity contribution is -0.0551.